The van der Waals surface area contributed by atoms with Crippen LogP contribution in [0.2, 0.25) is 0 Å². The highest BCUT2D eigenvalue weighted by Crippen LogP contribution is 2.29. The van der Waals surface area contributed by atoms with E-state index in [0.717, 1.165) is 17.8 Å². The van der Waals surface area contributed by atoms with Crippen molar-refractivity contribution in [2.75, 3.05) is 13.1 Å². The molecule has 0 radical (unpaired) electrons. The fourth-order valence-corrected chi connectivity index (χ4v) is 3.44. The second-order valence-electron chi connectivity index (χ2n) is 7.23. The minimum Gasteiger partial charge on any atom is -0.368 e. The Morgan fingerprint density at radius 2 is 2.09 bits per heavy atom. The van der Waals surface area contributed by atoms with Gasteiger partial charge in [-0.15, -0.1) is 5.10 Å². The zero-order chi connectivity index (χ0) is 22.7. The molecule has 0 aliphatic carbocycles. The van der Waals surface area contributed by atoms with Gasteiger partial charge in [-0.1, -0.05) is 11.8 Å². The molecule has 1 fully saturated rings. The summed E-state index contributed by atoms with van der Waals surface area (Å²) in [7, 11) is 0. The summed E-state index contributed by atoms with van der Waals surface area (Å²) in [5, 5.41) is 8.37. The molecule has 1 aliphatic heterocycles. The average molecular weight is 444 g/mol. The first-order chi connectivity index (χ1) is 15.3. The van der Waals surface area contributed by atoms with E-state index in [1.807, 2.05) is 6.07 Å². The topological polar surface area (TPSA) is 86.0 Å². The van der Waals surface area contributed by atoms with Gasteiger partial charge < -0.3 is 9.64 Å². The molecule has 11 heteroatoms. The average Bonchev–Trinajstić information content (AvgIpc) is 3.45. The number of nitrogens with zero attached hydrogens (tertiary/aromatic N) is 6. The Kier molecular flexibility index (Phi) is 5.99. The molecule has 0 bridgehead atoms. The number of likely N-dealkylation sites (tertiary alicyclic amines) is 1. The highest BCUT2D eigenvalue weighted by molar-refractivity contribution is 5.87. The molecule has 3 aromatic rings. The predicted molar refractivity (Wildman–Crippen MR) is 107 cm³/mol. The second-order valence-corrected chi connectivity index (χ2v) is 7.23. The molecular formula is C21H19F3N6O2. The number of hydrogen-bond donors (Lipinski definition) is 0. The highest BCUT2D eigenvalue weighted by atomic mass is 19.4. The lowest BCUT2D eigenvalue weighted by Crippen LogP contribution is -2.28. The molecular weight excluding hydrogens is 425 g/mol. The number of pyridine rings is 2. The van der Waals surface area contributed by atoms with E-state index in [0.29, 0.717) is 17.9 Å². The van der Waals surface area contributed by atoms with Crippen molar-refractivity contribution in [1.82, 2.24) is 29.9 Å². The molecule has 1 saturated heterocycles. The van der Waals surface area contributed by atoms with Crippen LogP contribution in [0.3, 0.4) is 0 Å². The first kappa shape index (κ1) is 21.6. The highest BCUT2D eigenvalue weighted by Gasteiger charge is 2.37. The predicted octanol–water partition coefficient (Wildman–Crippen LogP) is 2.91. The third kappa shape index (κ3) is 4.67. The first-order valence-electron chi connectivity index (χ1n) is 9.72. The Bertz CT molecular complexity index is 1080. The van der Waals surface area contributed by atoms with E-state index in [1.165, 1.54) is 12.1 Å². The molecule has 1 amide bonds. The van der Waals surface area contributed by atoms with Crippen molar-refractivity contribution in [3.63, 3.8) is 0 Å². The fourth-order valence-electron chi connectivity index (χ4n) is 3.44. The van der Waals surface area contributed by atoms with E-state index in [4.69, 9.17) is 4.74 Å². The molecule has 1 aliphatic rings. The van der Waals surface area contributed by atoms with Gasteiger partial charge in [0.1, 0.15) is 5.69 Å². The molecule has 0 aromatic carbocycles. The number of amides is 1. The number of aromatic nitrogens is 5. The maximum Gasteiger partial charge on any atom is 0.417 e. The molecule has 0 saturated carbocycles. The lowest BCUT2D eigenvalue weighted by atomic mass is 10.2. The van der Waals surface area contributed by atoms with E-state index >= 15 is 0 Å². The standard InChI is InChI=1S/C21H19F3N6O2/c1-2-20(31)29-11-18(30-10-17(27-28-30)14-4-3-7-25-8-14)19(12-29)32-13-16-6-5-15(9-26-16)21(22,23)24/h2-10,18-19H,1,11-13H2. The van der Waals surface area contributed by atoms with Gasteiger partial charge in [0.25, 0.3) is 0 Å². The van der Waals surface area contributed by atoms with Crippen LogP contribution in [0.15, 0.2) is 61.7 Å². The summed E-state index contributed by atoms with van der Waals surface area (Å²) in [6.07, 6.45) is 2.15. The number of rotatable bonds is 6. The zero-order valence-corrected chi connectivity index (χ0v) is 16.8. The summed E-state index contributed by atoms with van der Waals surface area (Å²) in [6, 6.07) is 5.54. The molecule has 4 heterocycles. The van der Waals surface area contributed by atoms with Crippen LogP contribution in [0.4, 0.5) is 13.2 Å². The first-order valence-corrected chi connectivity index (χ1v) is 9.72. The molecule has 2 atom stereocenters. The van der Waals surface area contributed by atoms with Crippen LogP contribution in [0, 0.1) is 0 Å². The Morgan fingerprint density at radius 1 is 1.25 bits per heavy atom. The normalized spacial score (nSPS) is 18.7. The van der Waals surface area contributed by atoms with E-state index < -0.39 is 17.8 Å². The van der Waals surface area contributed by atoms with E-state index in [1.54, 1.807) is 34.2 Å². The molecule has 3 aromatic heterocycles. The van der Waals surface area contributed by atoms with Gasteiger partial charge in [-0.05, 0) is 30.3 Å². The number of carbonyl (C=O) groups is 1. The Hall–Kier alpha value is -3.60. The Labute approximate surface area is 181 Å². The van der Waals surface area contributed by atoms with Crippen molar-refractivity contribution in [3.8, 4) is 11.3 Å². The van der Waals surface area contributed by atoms with Crippen molar-refractivity contribution in [2.45, 2.75) is 24.9 Å². The molecule has 2 unspecified atom stereocenters. The van der Waals surface area contributed by atoms with Crippen molar-refractivity contribution >= 4 is 5.91 Å². The number of ether oxygens (including phenoxy) is 1. The zero-order valence-electron chi connectivity index (χ0n) is 16.8. The van der Waals surface area contributed by atoms with Crippen LogP contribution in [-0.4, -0.2) is 55.0 Å². The minimum absolute atomic E-state index is 0.0143. The number of alkyl halides is 3. The smallest absolute Gasteiger partial charge is 0.368 e. The van der Waals surface area contributed by atoms with Crippen LogP contribution in [0.25, 0.3) is 11.3 Å². The molecule has 4 rings (SSSR count). The van der Waals surface area contributed by atoms with Crippen LogP contribution in [0.5, 0.6) is 0 Å². The largest absolute Gasteiger partial charge is 0.417 e. The van der Waals surface area contributed by atoms with Gasteiger partial charge in [0.2, 0.25) is 5.91 Å². The van der Waals surface area contributed by atoms with Gasteiger partial charge >= 0.3 is 6.18 Å². The lowest BCUT2D eigenvalue weighted by Gasteiger charge is -2.18. The van der Waals surface area contributed by atoms with Gasteiger partial charge in [-0.2, -0.15) is 13.2 Å². The second kappa shape index (κ2) is 8.87. The quantitative estimate of drug-likeness (QED) is 0.544. The van der Waals surface area contributed by atoms with Crippen LogP contribution >= 0.6 is 0 Å². The fraction of sp³-hybridized carbons (Fsp3) is 0.286. The van der Waals surface area contributed by atoms with Crippen LogP contribution < -0.4 is 0 Å². The summed E-state index contributed by atoms with van der Waals surface area (Å²) in [5.41, 5.74) is 0.935. The van der Waals surface area contributed by atoms with Crippen molar-refractivity contribution in [3.05, 3.63) is 73.0 Å². The number of hydrogen-bond acceptors (Lipinski definition) is 6. The summed E-state index contributed by atoms with van der Waals surface area (Å²) in [4.78, 5) is 21.6. The van der Waals surface area contributed by atoms with Crippen LogP contribution in [-0.2, 0) is 22.3 Å². The van der Waals surface area contributed by atoms with Gasteiger partial charge in [0, 0.05) is 37.2 Å². The number of halogens is 3. The van der Waals surface area contributed by atoms with Crippen molar-refractivity contribution in [1.29, 1.82) is 0 Å². The monoisotopic (exact) mass is 444 g/mol. The Morgan fingerprint density at radius 3 is 2.75 bits per heavy atom. The summed E-state index contributed by atoms with van der Waals surface area (Å²) in [5.74, 6) is -0.249. The molecule has 0 spiro atoms. The number of carbonyl (C=O) groups excluding carboxylic acids is 1. The SMILES string of the molecule is C=CC(=O)N1CC(OCc2ccc(C(F)(F)F)cn2)C(n2cc(-c3cccnc3)nn2)C1. The Balaban J connectivity index is 1.50. The maximum absolute atomic E-state index is 12.7. The van der Waals surface area contributed by atoms with Gasteiger partial charge in [0.15, 0.2) is 0 Å². The van der Waals surface area contributed by atoms with E-state index in [9.17, 15) is 18.0 Å². The van der Waals surface area contributed by atoms with Gasteiger partial charge in [0.05, 0.1) is 36.2 Å². The summed E-state index contributed by atoms with van der Waals surface area (Å²) >= 11 is 0. The van der Waals surface area contributed by atoms with E-state index in [-0.39, 0.29) is 25.1 Å². The van der Waals surface area contributed by atoms with E-state index in [2.05, 4.69) is 26.9 Å². The van der Waals surface area contributed by atoms with Gasteiger partial charge in [-0.25, -0.2) is 4.68 Å². The minimum atomic E-state index is -4.45. The van der Waals surface area contributed by atoms with Crippen molar-refractivity contribution < 1.29 is 22.7 Å². The van der Waals surface area contributed by atoms with Crippen LogP contribution in [0.1, 0.15) is 17.3 Å². The molecule has 8 nitrogen and oxygen atoms in total. The lowest BCUT2D eigenvalue weighted by molar-refractivity contribution is -0.137. The van der Waals surface area contributed by atoms with Gasteiger partial charge in [-0.3, -0.25) is 14.8 Å². The summed E-state index contributed by atoms with van der Waals surface area (Å²) in [6.45, 7) is 4.10. The van der Waals surface area contributed by atoms with Crippen molar-refractivity contribution in [2.24, 2.45) is 0 Å². The third-order valence-electron chi connectivity index (χ3n) is 5.13. The molecule has 166 valence electrons. The molecule has 32 heavy (non-hydrogen) atoms. The summed E-state index contributed by atoms with van der Waals surface area (Å²) < 4.78 is 45.8. The third-order valence-corrected chi connectivity index (χ3v) is 5.13. The maximum atomic E-state index is 12.7. The molecule has 0 N–H and O–H groups in total.